The molecule has 3 aromatic rings. The standard InChI is InChI=1S/C17H16ClN3O2S2/c18-14-8-12(9-15-16(14)23-6-5-22-15)10-25-17-20-19-11-21(17)4-3-13-2-1-7-24-13/h1-2,7-9,11H,3-6,10H2. The van der Waals surface area contributed by atoms with Gasteiger partial charge in [0.05, 0.1) is 5.02 Å². The van der Waals surface area contributed by atoms with Crippen molar-refractivity contribution in [3.05, 3.63) is 51.4 Å². The first kappa shape index (κ1) is 16.8. The number of fused-ring (bicyclic) bond motifs is 1. The molecule has 0 saturated heterocycles. The van der Waals surface area contributed by atoms with E-state index < -0.39 is 0 Å². The molecule has 0 aliphatic carbocycles. The van der Waals surface area contributed by atoms with Gasteiger partial charge in [-0.1, -0.05) is 29.4 Å². The van der Waals surface area contributed by atoms with Crippen LogP contribution in [-0.4, -0.2) is 28.0 Å². The normalized spacial score (nSPS) is 13.2. The van der Waals surface area contributed by atoms with Gasteiger partial charge in [0.2, 0.25) is 0 Å². The van der Waals surface area contributed by atoms with Crippen molar-refractivity contribution in [2.75, 3.05) is 13.2 Å². The zero-order valence-corrected chi connectivity index (χ0v) is 15.7. The van der Waals surface area contributed by atoms with Gasteiger partial charge < -0.3 is 14.0 Å². The summed E-state index contributed by atoms with van der Waals surface area (Å²) in [7, 11) is 0. The van der Waals surface area contributed by atoms with E-state index in [2.05, 4.69) is 32.3 Å². The number of nitrogens with zero attached hydrogens (tertiary/aromatic N) is 3. The van der Waals surface area contributed by atoms with Gasteiger partial charge in [-0.25, -0.2) is 0 Å². The van der Waals surface area contributed by atoms with E-state index in [-0.39, 0.29) is 0 Å². The van der Waals surface area contributed by atoms with Gasteiger partial charge in [-0.05, 0) is 35.6 Å². The third-order valence-electron chi connectivity index (χ3n) is 3.78. The number of thioether (sulfide) groups is 1. The smallest absolute Gasteiger partial charge is 0.191 e. The van der Waals surface area contributed by atoms with Crippen LogP contribution in [0.25, 0.3) is 0 Å². The second-order valence-electron chi connectivity index (χ2n) is 5.53. The molecule has 25 heavy (non-hydrogen) atoms. The van der Waals surface area contributed by atoms with Crippen molar-refractivity contribution in [3.63, 3.8) is 0 Å². The largest absolute Gasteiger partial charge is 0.486 e. The zero-order valence-electron chi connectivity index (χ0n) is 13.4. The molecule has 0 atom stereocenters. The third kappa shape index (κ3) is 3.94. The van der Waals surface area contributed by atoms with Crippen LogP contribution in [-0.2, 0) is 18.7 Å². The molecule has 0 N–H and O–H groups in total. The molecule has 1 aromatic carbocycles. The molecule has 8 heteroatoms. The predicted molar refractivity (Wildman–Crippen MR) is 100 cm³/mol. The number of halogens is 1. The van der Waals surface area contributed by atoms with E-state index in [0.717, 1.165) is 29.4 Å². The summed E-state index contributed by atoms with van der Waals surface area (Å²) in [5.74, 6) is 2.10. The summed E-state index contributed by atoms with van der Waals surface area (Å²) in [6.45, 7) is 1.96. The second-order valence-corrected chi connectivity index (χ2v) is 7.91. The quantitative estimate of drug-likeness (QED) is 0.584. The van der Waals surface area contributed by atoms with E-state index in [1.165, 1.54) is 4.88 Å². The number of ether oxygens (including phenoxy) is 2. The Morgan fingerprint density at radius 3 is 3.08 bits per heavy atom. The van der Waals surface area contributed by atoms with E-state index >= 15 is 0 Å². The molecule has 0 radical (unpaired) electrons. The predicted octanol–water partition coefficient (Wildman–Crippen LogP) is 4.30. The second kappa shape index (κ2) is 7.68. The summed E-state index contributed by atoms with van der Waals surface area (Å²) in [5.41, 5.74) is 1.08. The van der Waals surface area contributed by atoms with Gasteiger partial charge >= 0.3 is 0 Å². The van der Waals surface area contributed by atoms with Gasteiger partial charge in [0.1, 0.15) is 19.5 Å². The first-order chi connectivity index (χ1) is 12.3. The molecule has 1 aliphatic heterocycles. The molecule has 2 aromatic heterocycles. The van der Waals surface area contributed by atoms with Gasteiger partial charge in [0, 0.05) is 17.2 Å². The van der Waals surface area contributed by atoms with Crippen molar-refractivity contribution in [2.45, 2.75) is 23.9 Å². The van der Waals surface area contributed by atoms with Crippen LogP contribution in [0.4, 0.5) is 0 Å². The summed E-state index contributed by atoms with van der Waals surface area (Å²) in [4.78, 5) is 1.36. The highest BCUT2D eigenvalue weighted by Crippen LogP contribution is 2.39. The molecule has 1 aliphatic rings. The van der Waals surface area contributed by atoms with E-state index in [9.17, 15) is 0 Å². The molecule has 5 nitrogen and oxygen atoms in total. The summed E-state index contributed by atoms with van der Waals surface area (Å²) < 4.78 is 13.3. The maximum Gasteiger partial charge on any atom is 0.191 e. The molecule has 0 bridgehead atoms. The highest BCUT2D eigenvalue weighted by molar-refractivity contribution is 7.98. The Bertz CT molecular complexity index is 852. The fraction of sp³-hybridized carbons (Fsp3) is 0.294. The van der Waals surface area contributed by atoms with Crippen LogP contribution < -0.4 is 9.47 Å². The topological polar surface area (TPSA) is 49.2 Å². The lowest BCUT2D eigenvalue weighted by molar-refractivity contribution is 0.171. The lowest BCUT2D eigenvalue weighted by atomic mass is 10.2. The highest BCUT2D eigenvalue weighted by atomic mass is 35.5. The average molecular weight is 394 g/mol. The number of aryl methyl sites for hydroxylation is 2. The fourth-order valence-electron chi connectivity index (χ4n) is 2.59. The van der Waals surface area contributed by atoms with Crippen LogP contribution in [0.5, 0.6) is 11.5 Å². The first-order valence-corrected chi connectivity index (χ1v) is 10.1. The van der Waals surface area contributed by atoms with Crippen LogP contribution in [0.3, 0.4) is 0 Å². The molecule has 0 amide bonds. The Hall–Kier alpha value is -1.70. The maximum absolute atomic E-state index is 6.30. The van der Waals surface area contributed by atoms with E-state index in [1.807, 2.05) is 12.1 Å². The van der Waals surface area contributed by atoms with Crippen molar-refractivity contribution < 1.29 is 9.47 Å². The van der Waals surface area contributed by atoms with E-state index in [4.69, 9.17) is 21.1 Å². The monoisotopic (exact) mass is 393 g/mol. The minimum Gasteiger partial charge on any atom is -0.486 e. The molecule has 4 rings (SSSR count). The van der Waals surface area contributed by atoms with Gasteiger partial charge in [0.15, 0.2) is 16.7 Å². The van der Waals surface area contributed by atoms with Crippen LogP contribution in [0, 0.1) is 0 Å². The summed E-state index contributed by atoms with van der Waals surface area (Å²) >= 11 is 9.72. The first-order valence-electron chi connectivity index (χ1n) is 7.90. The fourth-order valence-corrected chi connectivity index (χ4v) is 4.45. The van der Waals surface area contributed by atoms with E-state index in [0.29, 0.717) is 29.7 Å². The Labute approximate surface area is 158 Å². The Morgan fingerprint density at radius 2 is 2.20 bits per heavy atom. The molecular formula is C17H16ClN3O2S2. The average Bonchev–Trinajstić information content (AvgIpc) is 3.30. The minimum absolute atomic E-state index is 0.536. The summed E-state index contributed by atoms with van der Waals surface area (Å²) in [6, 6.07) is 8.14. The van der Waals surface area contributed by atoms with Crippen LogP contribution in [0.2, 0.25) is 5.02 Å². The molecule has 0 spiro atoms. The van der Waals surface area contributed by atoms with Crippen molar-refractivity contribution in [1.82, 2.24) is 14.8 Å². The molecule has 3 heterocycles. The lowest BCUT2D eigenvalue weighted by Crippen LogP contribution is -2.15. The van der Waals surface area contributed by atoms with Crippen LogP contribution in [0.1, 0.15) is 10.4 Å². The number of thiophene rings is 1. The van der Waals surface area contributed by atoms with E-state index in [1.54, 1.807) is 29.4 Å². The maximum atomic E-state index is 6.30. The number of aromatic nitrogens is 3. The van der Waals surface area contributed by atoms with Crippen LogP contribution in [0.15, 0.2) is 41.1 Å². The molecule has 0 fully saturated rings. The Balaban J connectivity index is 1.42. The summed E-state index contributed by atoms with van der Waals surface area (Å²) in [5, 5.41) is 11.9. The lowest BCUT2D eigenvalue weighted by Gasteiger charge is -2.20. The van der Waals surface area contributed by atoms with Gasteiger partial charge in [0.25, 0.3) is 0 Å². The minimum atomic E-state index is 0.536. The number of rotatable bonds is 6. The number of hydrogen-bond acceptors (Lipinski definition) is 6. The van der Waals surface area contributed by atoms with Gasteiger partial charge in [-0.15, -0.1) is 21.5 Å². The van der Waals surface area contributed by atoms with Crippen molar-refractivity contribution in [3.8, 4) is 11.5 Å². The molecule has 0 saturated carbocycles. The number of benzene rings is 1. The van der Waals surface area contributed by atoms with Crippen molar-refractivity contribution >= 4 is 34.7 Å². The Kier molecular flexibility index (Phi) is 5.14. The molecule has 0 unspecified atom stereocenters. The Morgan fingerprint density at radius 1 is 1.28 bits per heavy atom. The van der Waals surface area contributed by atoms with Crippen molar-refractivity contribution in [1.29, 1.82) is 0 Å². The highest BCUT2D eigenvalue weighted by Gasteiger charge is 2.17. The molecular weight excluding hydrogens is 378 g/mol. The van der Waals surface area contributed by atoms with Gasteiger partial charge in [-0.3, -0.25) is 0 Å². The zero-order chi connectivity index (χ0) is 17.1. The molecule has 130 valence electrons. The van der Waals surface area contributed by atoms with Crippen molar-refractivity contribution in [2.24, 2.45) is 0 Å². The van der Waals surface area contributed by atoms with Gasteiger partial charge in [-0.2, -0.15) is 0 Å². The summed E-state index contributed by atoms with van der Waals surface area (Å²) in [6.07, 6.45) is 2.77. The SMILES string of the molecule is Clc1cc(CSc2nncn2CCc2cccs2)cc2c1OCCO2. The third-order valence-corrected chi connectivity index (χ3v) is 6.05. The van der Waals surface area contributed by atoms with Crippen LogP contribution >= 0.6 is 34.7 Å². The number of hydrogen-bond donors (Lipinski definition) is 0.